The second-order valence-electron chi connectivity index (χ2n) is 7.16. The predicted octanol–water partition coefficient (Wildman–Crippen LogP) is 1.74. The summed E-state index contributed by atoms with van der Waals surface area (Å²) in [6, 6.07) is 0. The van der Waals surface area contributed by atoms with Crippen LogP contribution in [0.4, 0.5) is 0 Å². The zero-order valence-corrected chi connectivity index (χ0v) is 17.0. The summed E-state index contributed by atoms with van der Waals surface area (Å²) >= 11 is 0. The quantitative estimate of drug-likeness (QED) is 0.391. The highest BCUT2D eigenvalue weighted by atomic mass is 127. The maximum atomic E-state index is 11.7. The molecule has 138 valence electrons. The van der Waals surface area contributed by atoms with E-state index in [1.54, 1.807) is 0 Å². The maximum absolute atomic E-state index is 11.7. The summed E-state index contributed by atoms with van der Waals surface area (Å²) < 4.78 is 5.79. The first-order chi connectivity index (χ1) is 11.2. The average molecular weight is 450 g/mol. The Kier molecular flexibility index (Phi) is 7.59. The predicted molar refractivity (Wildman–Crippen MR) is 106 cm³/mol. The minimum Gasteiger partial charge on any atom is -0.376 e. The number of hydrogen-bond donors (Lipinski definition) is 2. The number of ether oxygens (including phenoxy) is 1. The molecule has 0 radical (unpaired) electrons. The van der Waals surface area contributed by atoms with Crippen molar-refractivity contribution in [3.8, 4) is 0 Å². The van der Waals surface area contributed by atoms with E-state index in [-0.39, 0.29) is 41.4 Å². The molecule has 1 spiro atoms. The second kappa shape index (κ2) is 9.22. The Balaban J connectivity index is 0.00000208. The molecule has 1 amide bonds. The summed E-state index contributed by atoms with van der Waals surface area (Å²) in [5.41, 5.74) is 0.104. The highest BCUT2D eigenvalue weighted by Gasteiger charge is 2.42. The zero-order chi connectivity index (χ0) is 16.1. The molecule has 3 aliphatic heterocycles. The van der Waals surface area contributed by atoms with Crippen LogP contribution in [0, 0.1) is 5.41 Å². The van der Waals surface area contributed by atoms with Gasteiger partial charge in [-0.25, -0.2) is 0 Å². The molecular formula is C17H31IN4O2. The number of halogens is 1. The summed E-state index contributed by atoms with van der Waals surface area (Å²) in [7, 11) is 0. The molecule has 3 rings (SSSR count). The van der Waals surface area contributed by atoms with Gasteiger partial charge >= 0.3 is 0 Å². The first-order valence-electron chi connectivity index (χ1n) is 9.12. The summed E-state index contributed by atoms with van der Waals surface area (Å²) in [4.78, 5) is 18.8. The molecule has 2 N–H and O–H groups in total. The van der Waals surface area contributed by atoms with E-state index in [0.717, 1.165) is 64.6 Å². The van der Waals surface area contributed by atoms with Crippen molar-refractivity contribution >= 4 is 35.8 Å². The number of likely N-dealkylation sites (tertiary alicyclic amines) is 1. The van der Waals surface area contributed by atoms with Gasteiger partial charge in [0, 0.05) is 44.6 Å². The van der Waals surface area contributed by atoms with E-state index in [1.807, 2.05) is 0 Å². The van der Waals surface area contributed by atoms with Gasteiger partial charge in [0.05, 0.1) is 12.6 Å². The van der Waals surface area contributed by atoms with Crippen molar-refractivity contribution in [1.82, 2.24) is 15.5 Å². The van der Waals surface area contributed by atoms with E-state index in [0.29, 0.717) is 6.42 Å². The van der Waals surface area contributed by atoms with E-state index < -0.39 is 0 Å². The lowest BCUT2D eigenvalue weighted by molar-refractivity contribution is -0.119. The molecule has 0 aromatic heterocycles. The molecule has 24 heavy (non-hydrogen) atoms. The summed E-state index contributed by atoms with van der Waals surface area (Å²) in [5, 5.41) is 6.43. The highest BCUT2D eigenvalue weighted by Crippen LogP contribution is 2.36. The third kappa shape index (κ3) is 4.97. The van der Waals surface area contributed by atoms with E-state index in [4.69, 9.17) is 9.73 Å². The Morgan fingerprint density at radius 2 is 2.33 bits per heavy atom. The smallest absolute Gasteiger partial charge is 0.220 e. The van der Waals surface area contributed by atoms with Gasteiger partial charge in [-0.1, -0.05) is 0 Å². The maximum Gasteiger partial charge on any atom is 0.220 e. The monoisotopic (exact) mass is 450 g/mol. The Morgan fingerprint density at radius 1 is 1.46 bits per heavy atom. The Bertz CT molecular complexity index is 454. The van der Waals surface area contributed by atoms with Crippen molar-refractivity contribution in [2.75, 3.05) is 39.3 Å². The highest BCUT2D eigenvalue weighted by molar-refractivity contribution is 14.0. The fraction of sp³-hybridized carbons (Fsp3) is 0.882. The first-order valence-corrected chi connectivity index (χ1v) is 9.12. The lowest BCUT2D eigenvalue weighted by Gasteiger charge is -2.41. The molecule has 2 unspecified atom stereocenters. The molecule has 0 aromatic rings. The molecule has 0 aromatic carbocycles. The molecule has 0 aliphatic carbocycles. The SMILES string of the molecule is CCNC(=NCC1CCCCO1)N1CCCC2(CNC(=O)C2)C1.I. The zero-order valence-electron chi connectivity index (χ0n) is 14.7. The van der Waals surface area contributed by atoms with Crippen LogP contribution in [0.2, 0.25) is 0 Å². The van der Waals surface area contributed by atoms with Crippen LogP contribution in [0.25, 0.3) is 0 Å². The number of rotatable bonds is 3. The lowest BCUT2D eigenvalue weighted by Crippen LogP contribution is -2.51. The number of piperidine rings is 1. The van der Waals surface area contributed by atoms with Crippen molar-refractivity contribution in [2.45, 2.75) is 51.6 Å². The molecule has 7 heteroatoms. The van der Waals surface area contributed by atoms with E-state index in [9.17, 15) is 4.79 Å². The van der Waals surface area contributed by atoms with Crippen molar-refractivity contribution in [3.63, 3.8) is 0 Å². The third-order valence-corrected chi connectivity index (χ3v) is 5.21. The molecule has 0 saturated carbocycles. The number of carbonyl (C=O) groups is 1. The van der Waals surface area contributed by atoms with Gasteiger partial charge in [0.1, 0.15) is 0 Å². The van der Waals surface area contributed by atoms with Crippen molar-refractivity contribution in [1.29, 1.82) is 0 Å². The summed E-state index contributed by atoms with van der Waals surface area (Å²) in [6.45, 7) is 7.34. The molecular weight excluding hydrogens is 419 g/mol. The van der Waals surface area contributed by atoms with Crippen LogP contribution in [0.15, 0.2) is 4.99 Å². The van der Waals surface area contributed by atoms with Gasteiger partial charge in [0.15, 0.2) is 5.96 Å². The number of hydrogen-bond acceptors (Lipinski definition) is 3. The summed E-state index contributed by atoms with van der Waals surface area (Å²) in [6.07, 6.45) is 6.73. The van der Waals surface area contributed by atoms with Crippen LogP contribution < -0.4 is 10.6 Å². The van der Waals surface area contributed by atoms with Gasteiger partial charge < -0.3 is 20.3 Å². The molecule has 3 fully saturated rings. The number of carbonyl (C=O) groups excluding carboxylic acids is 1. The van der Waals surface area contributed by atoms with Crippen molar-refractivity contribution in [3.05, 3.63) is 0 Å². The van der Waals surface area contributed by atoms with Gasteiger partial charge in [0.2, 0.25) is 5.91 Å². The molecule has 3 heterocycles. The first kappa shape index (κ1) is 19.8. The van der Waals surface area contributed by atoms with E-state index in [2.05, 4.69) is 22.5 Å². The van der Waals surface area contributed by atoms with Crippen LogP contribution in [-0.4, -0.2) is 62.2 Å². The molecule has 2 atom stereocenters. The Morgan fingerprint density at radius 3 is 3.00 bits per heavy atom. The molecule has 0 bridgehead atoms. The number of nitrogens with zero attached hydrogens (tertiary/aromatic N) is 2. The van der Waals surface area contributed by atoms with Crippen LogP contribution in [0.1, 0.15) is 45.4 Å². The van der Waals surface area contributed by atoms with Gasteiger partial charge in [0.25, 0.3) is 0 Å². The lowest BCUT2D eigenvalue weighted by atomic mass is 9.79. The van der Waals surface area contributed by atoms with Crippen molar-refractivity contribution < 1.29 is 9.53 Å². The van der Waals surface area contributed by atoms with E-state index >= 15 is 0 Å². The number of amides is 1. The number of aliphatic imine (C=N–C) groups is 1. The second-order valence-corrected chi connectivity index (χ2v) is 7.16. The standard InChI is InChI=1S/C17H30N4O2.HI/c1-2-18-16(19-11-14-6-3-4-9-23-14)21-8-5-7-17(13-21)10-15(22)20-12-17;/h14H,2-13H2,1H3,(H,18,19)(H,20,22);1H. The van der Waals surface area contributed by atoms with Gasteiger partial charge in [-0.2, -0.15) is 0 Å². The normalized spacial score (nSPS) is 30.9. The van der Waals surface area contributed by atoms with Crippen LogP contribution in [0.5, 0.6) is 0 Å². The largest absolute Gasteiger partial charge is 0.376 e. The fourth-order valence-corrected chi connectivity index (χ4v) is 3.99. The minimum atomic E-state index is 0. The average Bonchev–Trinajstić information content (AvgIpc) is 2.92. The van der Waals surface area contributed by atoms with Crippen molar-refractivity contribution in [2.24, 2.45) is 10.4 Å². The van der Waals surface area contributed by atoms with Crippen LogP contribution in [0.3, 0.4) is 0 Å². The van der Waals surface area contributed by atoms with E-state index in [1.165, 1.54) is 12.8 Å². The Labute approximate surface area is 162 Å². The third-order valence-electron chi connectivity index (χ3n) is 5.21. The van der Waals surface area contributed by atoms with Gasteiger partial charge in [-0.3, -0.25) is 9.79 Å². The molecule has 6 nitrogen and oxygen atoms in total. The number of nitrogens with one attached hydrogen (secondary N) is 2. The van der Waals surface area contributed by atoms with Crippen LogP contribution >= 0.6 is 24.0 Å². The van der Waals surface area contributed by atoms with Gasteiger partial charge in [-0.05, 0) is 39.0 Å². The number of guanidine groups is 1. The van der Waals surface area contributed by atoms with Gasteiger partial charge in [-0.15, -0.1) is 24.0 Å². The fourth-order valence-electron chi connectivity index (χ4n) is 3.99. The molecule has 3 saturated heterocycles. The van der Waals surface area contributed by atoms with Crippen LogP contribution in [-0.2, 0) is 9.53 Å². The minimum absolute atomic E-state index is 0. The Hall–Kier alpha value is -0.570. The topological polar surface area (TPSA) is 66.0 Å². The molecule has 3 aliphatic rings. The summed E-state index contributed by atoms with van der Waals surface area (Å²) in [5.74, 6) is 1.18.